The summed E-state index contributed by atoms with van der Waals surface area (Å²) in [5.74, 6) is -0.441. The fraction of sp³-hybridized carbons (Fsp3) is 0.308. The number of carbonyl (C=O) groups excluding carboxylic acids is 3. The predicted octanol–water partition coefficient (Wildman–Crippen LogP) is 0.301. The second kappa shape index (κ2) is 9.64. The third-order valence-corrected chi connectivity index (χ3v) is 2.23. The van der Waals surface area contributed by atoms with Gasteiger partial charge in [0.15, 0.2) is 0 Å². The molecule has 0 aromatic heterocycles. The van der Waals surface area contributed by atoms with E-state index in [9.17, 15) is 14.4 Å². The molecular weight excluding hydrogens is 246 g/mol. The Bertz CT molecular complexity index is 357. The smallest absolute Gasteiger partial charge is 0.244 e. The van der Waals surface area contributed by atoms with Crippen LogP contribution in [0.15, 0.2) is 38.1 Å². The lowest BCUT2D eigenvalue weighted by Crippen LogP contribution is -2.35. The average Bonchev–Trinajstić information content (AvgIpc) is 2.84. The van der Waals surface area contributed by atoms with Crippen molar-refractivity contribution >= 4 is 17.7 Å². The Balaban J connectivity index is 0.000000356. The number of hydrogen-bond donors (Lipinski definition) is 2. The summed E-state index contributed by atoms with van der Waals surface area (Å²) in [6.45, 7) is 10.9. The number of nitrogens with zero attached hydrogens (tertiary/aromatic N) is 1. The van der Waals surface area contributed by atoms with Gasteiger partial charge < -0.3 is 15.5 Å². The van der Waals surface area contributed by atoms with Gasteiger partial charge in [0, 0.05) is 13.0 Å². The Morgan fingerprint density at radius 1 is 1.16 bits per heavy atom. The van der Waals surface area contributed by atoms with E-state index in [1.54, 1.807) is 11.1 Å². The molecule has 1 saturated heterocycles. The van der Waals surface area contributed by atoms with Gasteiger partial charge in [0.25, 0.3) is 0 Å². The molecule has 19 heavy (non-hydrogen) atoms. The Morgan fingerprint density at radius 2 is 1.68 bits per heavy atom. The highest BCUT2D eigenvalue weighted by atomic mass is 16.2. The summed E-state index contributed by atoms with van der Waals surface area (Å²) in [4.78, 5) is 33.3. The first-order valence-electron chi connectivity index (χ1n) is 5.77. The van der Waals surface area contributed by atoms with E-state index in [1.807, 2.05) is 0 Å². The SMILES string of the molecule is C=CC(=O)NCNC(=O)C=C.C=CN1CCCC1=O. The number of nitrogens with one attached hydrogen (secondary N) is 2. The highest BCUT2D eigenvalue weighted by molar-refractivity contribution is 5.89. The molecule has 1 fully saturated rings. The Morgan fingerprint density at radius 3 is 1.95 bits per heavy atom. The third kappa shape index (κ3) is 7.54. The molecule has 0 saturated carbocycles. The van der Waals surface area contributed by atoms with Crippen molar-refractivity contribution in [3.8, 4) is 0 Å². The summed E-state index contributed by atoms with van der Waals surface area (Å²) in [5.41, 5.74) is 0. The van der Waals surface area contributed by atoms with Crippen LogP contribution < -0.4 is 10.6 Å². The number of carbonyl (C=O) groups is 3. The fourth-order valence-electron chi connectivity index (χ4n) is 1.22. The van der Waals surface area contributed by atoms with Crippen LogP contribution in [0, 0.1) is 0 Å². The van der Waals surface area contributed by atoms with E-state index in [0.717, 1.165) is 25.1 Å². The molecule has 0 aliphatic carbocycles. The maximum atomic E-state index is 10.7. The normalized spacial score (nSPS) is 12.8. The summed E-state index contributed by atoms with van der Waals surface area (Å²) in [7, 11) is 0. The molecular formula is C13H19N3O3. The summed E-state index contributed by atoms with van der Waals surface area (Å²) >= 11 is 0. The fourth-order valence-corrected chi connectivity index (χ4v) is 1.22. The molecule has 0 atom stereocenters. The number of hydrogen-bond acceptors (Lipinski definition) is 3. The minimum atomic E-state index is -0.325. The average molecular weight is 265 g/mol. The minimum Gasteiger partial charge on any atom is -0.335 e. The van der Waals surface area contributed by atoms with Crippen molar-refractivity contribution in [3.05, 3.63) is 38.1 Å². The molecule has 1 heterocycles. The minimum absolute atomic E-state index is 0.0930. The summed E-state index contributed by atoms with van der Waals surface area (Å²) in [6, 6.07) is 0. The maximum Gasteiger partial charge on any atom is 0.244 e. The van der Waals surface area contributed by atoms with Crippen LogP contribution in [0.3, 0.4) is 0 Å². The molecule has 0 bridgehead atoms. The van der Waals surface area contributed by atoms with Crippen LogP contribution in [-0.4, -0.2) is 35.8 Å². The molecule has 0 aromatic rings. The first kappa shape index (κ1) is 16.6. The van der Waals surface area contributed by atoms with E-state index < -0.39 is 0 Å². The largest absolute Gasteiger partial charge is 0.335 e. The van der Waals surface area contributed by atoms with Gasteiger partial charge in [-0.05, 0) is 24.8 Å². The summed E-state index contributed by atoms with van der Waals surface area (Å²) < 4.78 is 0. The van der Waals surface area contributed by atoms with E-state index in [4.69, 9.17) is 0 Å². The van der Waals surface area contributed by atoms with Crippen LogP contribution in [0.5, 0.6) is 0 Å². The van der Waals surface area contributed by atoms with Gasteiger partial charge in [0.2, 0.25) is 17.7 Å². The van der Waals surface area contributed by atoms with Gasteiger partial charge in [-0.2, -0.15) is 0 Å². The molecule has 6 heteroatoms. The molecule has 104 valence electrons. The standard InChI is InChI=1S/C7H10N2O2.C6H9NO/c1-3-6(10)8-5-9-7(11)4-2;1-2-7-5-3-4-6(7)8/h3-4H,1-2,5H2,(H,8,10)(H,9,11);2H,1,3-5H2. The van der Waals surface area contributed by atoms with Crippen LogP contribution >= 0.6 is 0 Å². The second-order valence-electron chi connectivity index (χ2n) is 3.54. The van der Waals surface area contributed by atoms with Gasteiger partial charge in [-0.15, -0.1) is 0 Å². The molecule has 1 aliphatic heterocycles. The molecule has 3 amide bonds. The lowest BCUT2D eigenvalue weighted by molar-refractivity contribution is -0.125. The van der Waals surface area contributed by atoms with Crippen molar-refractivity contribution in [2.24, 2.45) is 0 Å². The number of amides is 3. The van der Waals surface area contributed by atoms with Gasteiger partial charge in [0.05, 0.1) is 6.67 Å². The molecule has 0 unspecified atom stereocenters. The molecule has 2 N–H and O–H groups in total. The Labute approximate surface area is 112 Å². The topological polar surface area (TPSA) is 78.5 Å². The Kier molecular flexibility index (Phi) is 8.44. The number of rotatable bonds is 5. The lowest BCUT2D eigenvalue weighted by atomic mass is 10.4. The molecule has 0 spiro atoms. The highest BCUT2D eigenvalue weighted by Gasteiger charge is 2.15. The van der Waals surface area contributed by atoms with Crippen molar-refractivity contribution in [2.45, 2.75) is 12.8 Å². The van der Waals surface area contributed by atoms with Crippen LogP contribution in [0.25, 0.3) is 0 Å². The van der Waals surface area contributed by atoms with E-state index in [1.165, 1.54) is 0 Å². The van der Waals surface area contributed by atoms with E-state index >= 15 is 0 Å². The van der Waals surface area contributed by atoms with Gasteiger partial charge >= 0.3 is 0 Å². The van der Waals surface area contributed by atoms with E-state index in [0.29, 0.717) is 6.42 Å². The van der Waals surface area contributed by atoms with Crippen molar-refractivity contribution in [1.29, 1.82) is 0 Å². The summed E-state index contributed by atoms with van der Waals surface area (Å²) in [5, 5.41) is 4.72. The van der Waals surface area contributed by atoms with Crippen LogP contribution in [0.2, 0.25) is 0 Å². The Hall–Kier alpha value is -2.37. The van der Waals surface area contributed by atoms with Crippen molar-refractivity contribution < 1.29 is 14.4 Å². The van der Waals surface area contributed by atoms with Crippen LogP contribution in [0.4, 0.5) is 0 Å². The lowest BCUT2D eigenvalue weighted by Gasteiger charge is -2.05. The molecule has 6 nitrogen and oxygen atoms in total. The van der Waals surface area contributed by atoms with Gasteiger partial charge in [-0.25, -0.2) is 0 Å². The monoisotopic (exact) mass is 265 g/mol. The first-order valence-corrected chi connectivity index (χ1v) is 5.77. The predicted molar refractivity (Wildman–Crippen MR) is 72.7 cm³/mol. The molecule has 0 radical (unpaired) electrons. The van der Waals surface area contributed by atoms with Gasteiger partial charge in [0.1, 0.15) is 0 Å². The quantitative estimate of drug-likeness (QED) is 0.554. The second-order valence-corrected chi connectivity index (χ2v) is 3.54. The third-order valence-electron chi connectivity index (χ3n) is 2.23. The molecule has 0 aromatic carbocycles. The van der Waals surface area contributed by atoms with E-state index in [2.05, 4.69) is 30.4 Å². The summed E-state index contributed by atoms with van der Waals surface area (Å²) in [6.07, 6.45) is 5.53. The van der Waals surface area contributed by atoms with E-state index in [-0.39, 0.29) is 24.4 Å². The van der Waals surface area contributed by atoms with Crippen molar-refractivity contribution in [2.75, 3.05) is 13.2 Å². The molecule has 1 aliphatic rings. The first-order chi connectivity index (χ1) is 9.04. The zero-order valence-electron chi connectivity index (χ0n) is 10.9. The molecule has 1 rings (SSSR count). The zero-order chi connectivity index (χ0) is 14.7. The number of likely N-dealkylation sites (tertiary alicyclic amines) is 1. The van der Waals surface area contributed by atoms with Crippen molar-refractivity contribution in [3.63, 3.8) is 0 Å². The maximum absolute atomic E-state index is 10.7. The van der Waals surface area contributed by atoms with Crippen LogP contribution in [-0.2, 0) is 14.4 Å². The van der Waals surface area contributed by atoms with Crippen molar-refractivity contribution in [1.82, 2.24) is 15.5 Å². The van der Waals surface area contributed by atoms with Crippen LogP contribution in [0.1, 0.15) is 12.8 Å². The highest BCUT2D eigenvalue weighted by Crippen LogP contribution is 2.08. The zero-order valence-corrected chi connectivity index (χ0v) is 10.9. The van der Waals surface area contributed by atoms with Gasteiger partial charge in [-0.1, -0.05) is 19.7 Å². The van der Waals surface area contributed by atoms with Gasteiger partial charge in [-0.3, -0.25) is 14.4 Å².